The average molecular weight is 219 g/mol. The second-order valence-corrected chi connectivity index (χ2v) is 5.21. The quantitative estimate of drug-likeness (QED) is 0.534. The molecule has 0 radical (unpaired) electrons. The van der Waals surface area contributed by atoms with Crippen molar-refractivity contribution in [1.29, 1.82) is 5.26 Å². The third-order valence-electron chi connectivity index (χ3n) is 4.00. The van der Waals surface area contributed by atoms with Gasteiger partial charge in [0.25, 0.3) is 6.26 Å². The lowest BCUT2D eigenvalue weighted by Crippen LogP contribution is -2.21. The Balaban J connectivity index is 1.70. The predicted molar refractivity (Wildman–Crippen MR) is 63.5 cm³/mol. The summed E-state index contributed by atoms with van der Waals surface area (Å²) in [6.45, 7) is 0. The van der Waals surface area contributed by atoms with Crippen LogP contribution in [0.15, 0.2) is 12.2 Å². The van der Waals surface area contributed by atoms with Crippen molar-refractivity contribution < 1.29 is 4.74 Å². The molecule has 1 saturated carbocycles. The number of nitriles is 1. The summed E-state index contributed by atoms with van der Waals surface area (Å²) >= 11 is 0. The summed E-state index contributed by atoms with van der Waals surface area (Å²) in [4.78, 5) is 0. The molecule has 0 aliphatic heterocycles. The predicted octanol–water partition coefficient (Wildman–Crippen LogP) is 3.79. The molecule has 2 aliphatic rings. The largest absolute Gasteiger partial charge is 0.424 e. The van der Waals surface area contributed by atoms with E-state index >= 15 is 0 Å². The fraction of sp³-hybridized carbons (Fsp3) is 0.786. The van der Waals surface area contributed by atoms with Crippen molar-refractivity contribution in [3.05, 3.63) is 12.2 Å². The van der Waals surface area contributed by atoms with Crippen LogP contribution in [-0.4, -0.2) is 6.10 Å². The van der Waals surface area contributed by atoms with Gasteiger partial charge in [-0.3, -0.25) is 0 Å². The van der Waals surface area contributed by atoms with Crippen LogP contribution in [0.2, 0.25) is 0 Å². The zero-order valence-corrected chi connectivity index (χ0v) is 9.90. The molecular formula is C14H21NO. The van der Waals surface area contributed by atoms with Gasteiger partial charge in [0.15, 0.2) is 0 Å². The van der Waals surface area contributed by atoms with E-state index in [1.165, 1.54) is 38.5 Å². The summed E-state index contributed by atoms with van der Waals surface area (Å²) < 4.78 is 5.01. The minimum absolute atomic E-state index is 0.211. The van der Waals surface area contributed by atoms with Crippen molar-refractivity contribution in [2.24, 2.45) is 11.8 Å². The van der Waals surface area contributed by atoms with E-state index in [4.69, 9.17) is 10.00 Å². The molecule has 2 heteroatoms. The molecule has 0 amide bonds. The lowest BCUT2D eigenvalue weighted by atomic mass is 9.79. The van der Waals surface area contributed by atoms with Crippen molar-refractivity contribution in [1.82, 2.24) is 0 Å². The van der Waals surface area contributed by atoms with E-state index in [2.05, 4.69) is 12.2 Å². The molecule has 0 bridgehead atoms. The minimum Gasteiger partial charge on any atom is -0.424 e. The lowest BCUT2D eigenvalue weighted by molar-refractivity contribution is 0.0955. The van der Waals surface area contributed by atoms with Crippen LogP contribution in [0.4, 0.5) is 0 Å². The smallest absolute Gasteiger partial charge is 0.286 e. The lowest BCUT2D eigenvalue weighted by Gasteiger charge is -2.29. The van der Waals surface area contributed by atoms with Gasteiger partial charge in [-0.15, -0.1) is 0 Å². The van der Waals surface area contributed by atoms with Gasteiger partial charge in [0, 0.05) is 0 Å². The van der Waals surface area contributed by atoms with Gasteiger partial charge >= 0.3 is 0 Å². The van der Waals surface area contributed by atoms with E-state index < -0.39 is 0 Å². The Labute approximate surface area is 98.3 Å². The number of ether oxygens (including phenoxy) is 1. The standard InChI is InChI=1S/C14H21NO/c15-11-16-14-8-6-13(7-9-14)10-12-4-2-1-3-5-12/h2,4,12-14H,1,3,5-10H2. The third-order valence-corrected chi connectivity index (χ3v) is 4.00. The van der Waals surface area contributed by atoms with E-state index in [1.54, 1.807) is 0 Å². The molecule has 0 spiro atoms. The molecule has 0 aromatic heterocycles. The molecule has 0 aromatic rings. The number of allylic oxidation sites excluding steroid dienone is 2. The van der Waals surface area contributed by atoms with E-state index in [-0.39, 0.29) is 6.10 Å². The van der Waals surface area contributed by atoms with E-state index in [9.17, 15) is 0 Å². The Kier molecular flexibility index (Phi) is 4.27. The van der Waals surface area contributed by atoms with Crippen LogP contribution in [0.25, 0.3) is 0 Å². The molecule has 2 nitrogen and oxygen atoms in total. The molecule has 16 heavy (non-hydrogen) atoms. The minimum atomic E-state index is 0.211. The second-order valence-electron chi connectivity index (χ2n) is 5.21. The van der Waals surface area contributed by atoms with Crippen molar-refractivity contribution in [3.8, 4) is 6.26 Å². The summed E-state index contributed by atoms with van der Waals surface area (Å²) in [5.74, 6) is 1.69. The highest BCUT2D eigenvalue weighted by Crippen LogP contribution is 2.33. The highest BCUT2D eigenvalue weighted by molar-refractivity contribution is 4.94. The van der Waals surface area contributed by atoms with Crippen molar-refractivity contribution in [2.45, 2.75) is 57.5 Å². The second kappa shape index (κ2) is 5.94. The van der Waals surface area contributed by atoms with Gasteiger partial charge < -0.3 is 4.74 Å². The van der Waals surface area contributed by atoms with Crippen LogP contribution in [0.1, 0.15) is 51.4 Å². The molecular weight excluding hydrogens is 198 g/mol. The fourth-order valence-corrected chi connectivity index (χ4v) is 3.07. The van der Waals surface area contributed by atoms with Crippen LogP contribution in [-0.2, 0) is 4.74 Å². The van der Waals surface area contributed by atoms with Gasteiger partial charge in [0.1, 0.15) is 6.10 Å². The first-order chi connectivity index (χ1) is 7.88. The first-order valence-electron chi connectivity index (χ1n) is 6.60. The highest BCUT2D eigenvalue weighted by Gasteiger charge is 2.24. The number of hydrogen-bond donors (Lipinski definition) is 0. The van der Waals surface area contributed by atoms with E-state index in [0.29, 0.717) is 0 Å². The molecule has 0 N–H and O–H groups in total. The Bertz CT molecular complexity index is 271. The van der Waals surface area contributed by atoms with Crippen molar-refractivity contribution in [2.75, 3.05) is 0 Å². The van der Waals surface area contributed by atoms with Crippen molar-refractivity contribution >= 4 is 0 Å². The van der Waals surface area contributed by atoms with Crippen LogP contribution in [0, 0.1) is 23.4 Å². The zero-order chi connectivity index (χ0) is 11.2. The Morgan fingerprint density at radius 1 is 1.19 bits per heavy atom. The third kappa shape index (κ3) is 3.27. The Hall–Kier alpha value is -0.970. The van der Waals surface area contributed by atoms with Gasteiger partial charge in [-0.25, -0.2) is 0 Å². The molecule has 2 rings (SSSR count). The summed E-state index contributed by atoms with van der Waals surface area (Å²) in [6, 6.07) is 0. The number of hydrogen-bond acceptors (Lipinski definition) is 2. The summed E-state index contributed by atoms with van der Waals surface area (Å²) in [5, 5.41) is 8.46. The first kappa shape index (κ1) is 11.5. The maximum atomic E-state index is 8.46. The molecule has 0 aromatic carbocycles. The maximum absolute atomic E-state index is 8.46. The van der Waals surface area contributed by atoms with E-state index in [1.807, 2.05) is 6.26 Å². The maximum Gasteiger partial charge on any atom is 0.286 e. The van der Waals surface area contributed by atoms with Crippen molar-refractivity contribution in [3.63, 3.8) is 0 Å². The fourth-order valence-electron chi connectivity index (χ4n) is 3.07. The molecule has 0 heterocycles. The van der Waals surface area contributed by atoms with Gasteiger partial charge in [0.05, 0.1) is 0 Å². The summed E-state index contributed by atoms with van der Waals surface area (Å²) in [7, 11) is 0. The Morgan fingerprint density at radius 2 is 2.00 bits per heavy atom. The van der Waals surface area contributed by atoms with Crippen LogP contribution >= 0.6 is 0 Å². The molecule has 88 valence electrons. The number of rotatable bonds is 3. The van der Waals surface area contributed by atoms with Gasteiger partial charge in [-0.2, -0.15) is 5.26 Å². The summed E-state index contributed by atoms with van der Waals surface area (Å²) in [6.07, 6.45) is 16.8. The Morgan fingerprint density at radius 3 is 2.62 bits per heavy atom. The van der Waals surface area contributed by atoms with E-state index in [0.717, 1.165) is 24.7 Å². The molecule has 1 fully saturated rings. The van der Waals surface area contributed by atoms with Crippen LogP contribution in [0.3, 0.4) is 0 Å². The highest BCUT2D eigenvalue weighted by atomic mass is 16.5. The van der Waals surface area contributed by atoms with Gasteiger partial charge in [-0.05, 0) is 63.2 Å². The van der Waals surface area contributed by atoms with Gasteiger partial charge in [0.2, 0.25) is 0 Å². The average Bonchev–Trinajstić information content (AvgIpc) is 2.33. The molecule has 0 saturated heterocycles. The molecule has 1 unspecified atom stereocenters. The van der Waals surface area contributed by atoms with Gasteiger partial charge in [-0.1, -0.05) is 12.2 Å². The monoisotopic (exact) mass is 219 g/mol. The zero-order valence-electron chi connectivity index (χ0n) is 9.90. The first-order valence-corrected chi connectivity index (χ1v) is 6.60. The SMILES string of the molecule is N#COC1CCC(CC2C=CCCC2)CC1. The molecule has 2 aliphatic carbocycles. The summed E-state index contributed by atoms with van der Waals surface area (Å²) in [5.41, 5.74) is 0. The topological polar surface area (TPSA) is 33.0 Å². The molecule has 1 atom stereocenters. The normalized spacial score (nSPS) is 34.3. The van der Waals surface area contributed by atoms with Crippen LogP contribution < -0.4 is 0 Å². The number of nitrogens with zero attached hydrogens (tertiary/aromatic N) is 1. The van der Waals surface area contributed by atoms with Crippen LogP contribution in [0.5, 0.6) is 0 Å².